The summed E-state index contributed by atoms with van der Waals surface area (Å²) in [4.78, 5) is 9.26. The molecule has 0 saturated carbocycles. The van der Waals surface area contributed by atoms with Crippen LogP contribution >= 0.6 is 7.82 Å². The van der Waals surface area contributed by atoms with Gasteiger partial charge >= 0.3 is 7.82 Å². The van der Waals surface area contributed by atoms with E-state index in [9.17, 15) is 9.46 Å². The molecule has 1 rings (SSSR count). The summed E-state index contributed by atoms with van der Waals surface area (Å²) in [7, 11) is -0.822. The molecule has 0 spiro atoms. The van der Waals surface area contributed by atoms with Gasteiger partial charge in [-0.15, -0.1) is 0 Å². The Balaban J connectivity index is 2.70. The highest BCUT2D eigenvalue weighted by Crippen LogP contribution is 2.47. The Morgan fingerprint density at radius 1 is 1.60 bits per heavy atom. The summed E-state index contributed by atoms with van der Waals surface area (Å²) in [6, 6.07) is 0.0387. The zero-order chi connectivity index (χ0) is 11.6. The van der Waals surface area contributed by atoms with E-state index in [1.807, 2.05) is 21.7 Å². The fourth-order valence-electron chi connectivity index (χ4n) is 1.77. The Bertz CT molecular complexity index is 261. The molecule has 0 aliphatic carbocycles. The first-order valence-electron chi connectivity index (χ1n) is 5.13. The van der Waals surface area contributed by atoms with Gasteiger partial charge in [0.25, 0.3) is 0 Å². The molecule has 1 saturated heterocycles. The van der Waals surface area contributed by atoms with E-state index in [-0.39, 0.29) is 24.1 Å². The number of hydrogen-bond acceptors (Lipinski definition) is 4. The lowest BCUT2D eigenvalue weighted by Crippen LogP contribution is -2.28. The Hall–Kier alpha value is 0.135. The Kier molecular flexibility index (Phi) is 4.38. The van der Waals surface area contributed by atoms with Crippen LogP contribution in [0, 0.1) is 5.92 Å². The second-order valence-electron chi connectivity index (χ2n) is 3.87. The van der Waals surface area contributed by atoms with Crippen LogP contribution in [0.15, 0.2) is 0 Å². The number of phosphoric ester groups is 1. The molecule has 88 valence electrons. The van der Waals surface area contributed by atoms with Crippen LogP contribution in [0.4, 0.5) is 0 Å². The monoisotopic (exact) mass is 236 g/mol. The van der Waals surface area contributed by atoms with Crippen molar-refractivity contribution in [1.82, 2.24) is 0 Å². The molecule has 1 aliphatic rings. The third-order valence-corrected chi connectivity index (χ3v) is 3.87. The van der Waals surface area contributed by atoms with E-state index in [1.54, 1.807) is 0 Å². The molecule has 1 N–H and O–H groups in total. The lowest BCUT2D eigenvalue weighted by Gasteiger charge is -2.22. The van der Waals surface area contributed by atoms with Gasteiger partial charge in [0.05, 0.1) is 12.2 Å². The van der Waals surface area contributed by atoms with E-state index in [4.69, 9.17) is 9.26 Å². The van der Waals surface area contributed by atoms with Gasteiger partial charge in [0.1, 0.15) is 7.85 Å². The van der Waals surface area contributed by atoms with E-state index in [2.05, 4.69) is 4.52 Å². The van der Waals surface area contributed by atoms with Gasteiger partial charge in [0, 0.05) is 19.0 Å². The molecule has 5 atom stereocenters. The Morgan fingerprint density at radius 3 is 2.67 bits per heavy atom. The lowest BCUT2D eigenvalue weighted by atomic mass is 9.86. The molecule has 0 bridgehead atoms. The summed E-state index contributed by atoms with van der Waals surface area (Å²) in [6.45, 7) is 3.90. The summed E-state index contributed by atoms with van der Waals surface area (Å²) < 4.78 is 26.4. The number of hydrogen-bond donors (Lipinski definition) is 1. The van der Waals surface area contributed by atoms with Gasteiger partial charge in [0.2, 0.25) is 0 Å². The van der Waals surface area contributed by atoms with E-state index in [0.29, 0.717) is 0 Å². The zero-order valence-electron chi connectivity index (χ0n) is 9.54. The highest BCUT2D eigenvalue weighted by molar-refractivity contribution is 7.47. The predicted molar refractivity (Wildman–Crippen MR) is 58.4 cm³/mol. The second kappa shape index (κ2) is 4.98. The van der Waals surface area contributed by atoms with Crippen molar-refractivity contribution < 1.29 is 23.2 Å². The van der Waals surface area contributed by atoms with Crippen molar-refractivity contribution in [2.45, 2.75) is 38.5 Å². The fourth-order valence-corrected chi connectivity index (χ4v) is 2.49. The molecule has 1 aliphatic heterocycles. The van der Waals surface area contributed by atoms with Crippen molar-refractivity contribution in [3.8, 4) is 0 Å². The highest BCUT2D eigenvalue weighted by Gasteiger charge is 2.43. The van der Waals surface area contributed by atoms with Crippen LogP contribution in [0.2, 0.25) is 0 Å². The van der Waals surface area contributed by atoms with Gasteiger partial charge in [-0.2, -0.15) is 0 Å². The maximum atomic E-state index is 11.3. The SMILES string of the molecule is B[C@@H]1O[C@H](CC)[C@@H](OP(=O)(O)OC)[C@@H]1C. The Morgan fingerprint density at radius 2 is 2.20 bits per heavy atom. The van der Waals surface area contributed by atoms with Gasteiger partial charge < -0.3 is 9.63 Å². The summed E-state index contributed by atoms with van der Waals surface area (Å²) in [5.74, 6) is 0.0885. The van der Waals surface area contributed by atoms with Gasteiger partial charge in [-0.1, -0.05) is 13.8 Å². The maximum Gasteiger partial charge on any atom is 0.472 e. The van der Waals surface area contributed by atoms with Crippen LogP contribution in [-0.2, 0) is 18.3 Å². The minimum absolute atomic E-state index is 0.0387. The van der Waals surface area contributed by atoms with Gasteiger partial charge in [-0.05, 0) is 6.42 Å². The first kappa shape index (κ1) is 13.2. The van der Waals surface area contributed by atoms with Crippen molar-refractivity contribution in [2.24, 2.45) is 5.92 Å². The van der Waals surface area contributed by atoms with E-state index in [0.717, 1.165) is 13.5 Å². The molecule has 1 fully saturated rings. The summed E-state index contributed by atoms with van der Waals surface area (Å²) >= 11 is 0. The van der Waals surface area contributed by atoms with Crippen LogP contribution in [0.5, 0.6) is 0 Å². The average Bonchev–Trinajstić information content (AvgIpc) is 2.45. The minimum atomic E-state index is -3.92. The van der Waals surface area contributed by atoms with E-state index >= 15 is 0 Å². The number of phosphoric acid groups is 1. The lowest BCUT2D eigenvalue weighted by molar-refractivity contribution is 0.0240. The molecule has 1 unspecified atom stereocenters. The van der Waals surface area contributed by atoms with E-state index < -0.39 is 7.82 Å². The van der Waals surface area contributed by atoms with Crippen molar-refractivity contribution in [3.05, 3.63) is 0 Å². The summed E-state index contributed by atoms with van der Waals surface area (Å²) in [5.41, 5.74) is 0. The molecule has 1 heterocycles. The second-order valence-corrected chi connectivity index (χ2v) is 5.38. The fraction of sp³-hybridized carbons (Fsp3) is 1.00. The molecule has 0 aromatic heterocycles. The number of ether oxygens (including phenoxy) is 1. The topological polar surface area (TPSA) is 65.0 Å². The minimum Gasteiger partial charge on any atom is -0.381 e. The van der Waals surface area contributed by atoms with Crippen molar-refractivity contribution >= 4 is 15.7 Å². The van der Waals surface area contributed by atoms with Gasteiger partial charge in [-0.25, -0.2) is 4.57 Å². The quantitative estimate of drug-likeness (QED) is 0.569. The maximum absolute atomic E-state index is 11.3. The van der Waals surface area contributed by atoms with Crippen molar-refractivity contribution in [1.29, 1.82) is 0 Å². The largest absolute Gasteiger partial charge is 0.472 e. The third-order valence-electron chi connectivity index (χ3n) is 2.90. The van der Waals surface area contributed by atoms with Gasteiger partial charge in [-0.3, -0.25) is 9.05 Å². The van der Waals surface area contributed by atoms with Crippen molar-refractivity contribution in [2.75, 3.05) is 7.11 Å². The van der Waals surface area contributed by atoms with Crippen LogP contribution < -0.4 is 0 Å². The molecule has 0 radical (unpaired) electrons. The highest BCUT2D eigenvalue weighted by atomic mass is 31.2. The normalized spacial score (nSPS) is 40.3. The Labute approximate surface area is 91.1 Å². The molecule has 7 heteroatoms. The molecule has 0 aromatic rings. The van der Waals surface area contributed by atoms with Gasteiger partial charge in [0.15, 0.2) is 0 Å². The molecule has 0 aromatic carbocycles. The third kappa shape index (κ3) is 3.05. The van der Waals surface area contributed by atoms with E-state index in [1.165, 1.54) is 0 Å². The number of rotatable bonds is 4. The first-order chi connectivity index (χ1) is 6.91. The van der Waals surface area contributed by atoms with Crippen LogP contribution in [0.1, 0.15) is 20.3 Å². The smallest absolute Gasteiger partial charge is 0.381 e. The van der Waals surface area contributed by atoms with Crippen LogP contribution in [0.3, 0.4) is 0 Å². The zero-order valence-corrected chi connectivity index (χ0v) is 10.4. The molecule has 15 heavy (non-hydrogen) atoms. The predicted octanol–water partition coefficient (Wildman–Crippen LogP) is 0.522. The summed E-state index contributed by atoms with van der Waals surface area (Å²) in [6.07, 6.45) is 0.245. The molecular weight excluding hydrogens is 218 g/mol. The summed E-state index contributed by atoms with van der Waals surface area (Å²) in [5, 5.41) is 0. The molecule has 0 amide bonds. The standard InChI is InChI=1S/C8H18BO5P/c1-4-6-7(5(2)8(9)13-6)14-15(10,11)12-3/h5-8H,4,9H2,1-3H3,(H,10,11)/t5-,6+,7-,8+/m0/s1. The molecular formula is C8H18BO5P. The van der Waals surface area contributed by atoms with Crippen LogP contribution in [0.25, 0.3) is 0 Å². The van der Waals surface area contributed by atoms with Crippen molar-refractivity contribution in [3.63, 3.8) is 0 Å². The average molecular weight is 236 g/mol. The molecule has 5 nitrogen and oxygen atoms in total. The van der Waals surface area contributed by atoms with Crippen LogP contribution in [-0.4, -0.2) is 38.1 Å². The first-order valence-corrected chi connectivity index (χ1v) is 6.63.